The molecule has 0 spiro atoms. The van der Waals surface area contributed by atoms with Gasteiger partial charge in [-0.05, 0) is 12.0 Å². The Kier molecular flexibility index (Phi) is 5.91. The molecule has 2 heterocycles. The molecule has 2 aliphatic rings. The molecule has 29 heavy (non-hydrogen) atoms. The van der Waals surface area contributed by atoms with Crippen molar-refractivity contribution in [3.8, 4) is 0 Å². The van der Waals surface area contributed by atoms with Crippen molar-refractivity contribution in [3.05, 3.63) is 35.9 Å². The van der Waals surface area contributed by atoms with Crippen LogP contribution in [0.2, 0.25) is 0 Å². The minimum atomic E-state index is -0.724. The summed E-state index contributed by atoms with van der Waals surface area (Å²) >= 11 is 0. The number of benzene rings is 1. The first-order chi connectivity index (χ1) is 13.7. The maximum absolute atomic E-state index is 12.6. The van der Waals surface area contributed by atoms with Gasteiger partial charge in [-0.3, -0.25) is 19.2 Å². The number of hydrogen-bond acceptors (Lipinski definition) is 4. The minimum Gasteiger partial charge on any atom is -0.370 e. The first-order valence-corrected chi connectivity index (χ1v) is 9.90. The third-order valence-electron chi connectivity index (χ3n) is 5.97. The third-order valence-corrected chi connectivity index (χ3v) is 5.97. The van der Waals surface area contributed by atoms with Crippen molar-refractivity contribution in [2.45, 2.75) is 44.7 Å². The fourth-order valence-electron chi connectivity index (χ4n) is 4.85. The topological polar surface area (TPSA) is 113 Å². The molecular formula is C21H28N4O4. The number of amides is 4. The van der Waals surface area contributed by atoms with Gasteiger partial charge in [-0.25, -0.2) is 0 Å². The Morgan fingerprint density at radius 3 is 2.38 bits per heavy atom. The average molecular weight is 400 g/mol. The SMILES string of the molecule is CC(=O)N[C@@]12CN(C(=O)CCC(N)=O)CC[C@@H]1[C@@H](c1ccccc1)N(C(C)=O)C2. The van der Waals surface area contributed by atoms with Crippen molar-refractivity contribution < 1.29 is 19.2 Å². The predicted molar refractivity (Wildman–Crippen MR) is 106 cm³/mol. The average Bonchev–Trinajstić information content (AvgIpc) is 3.00. The van der Waals surface area contributed by atoms with Gasteiger partial charge in [-0.1, -0.05) is 30.3 Å². The molecule has 0 bridgehead atoms. The molecule has 2 fully saturated rings. The van der Waals surface area contributed by atoms with Crippen LogP contribution in [-0.4, -0.2) is 58.6 Å². The minimum absolute atomic E-state index is 0.00187. The number of carbonyl (C=O) groups excluding carboxylic acids is 4. The van der Waals surface area contributed by atoms with Gasteiger partial charge in [0.2, 0.25) is 23.6 Å². The second kappa shape index (κ2) is 8.23. The maximum atomic E-state index is 12.6. The molecule has 3 atom stereocenters. The first kappa shape index (κ1) is 20.8. The molecular weight excluding hydrogens is 372 g/mol. The lowest BCUT2D eigenvalue weighted by atomic mass is 9.75. The molecule has 8 heteroatoms. The lowest BCUT2D eigenvalue weighted by Gasteiger charge is -2.45. The first-order valence-electron chi connectivity index (χ1n) is 9.90. The fraction of sp³-hybridized carbons (Fsp3) is 0.524. The van der Waals surface area contributed by atoms with E-state index in [9.17, 15) is 19.2 Å². The van der Waals surface area contributed by atoms with Crippen molar-refractivity contribution in [3.63, 3.8) is 0 Å². The Morgan fingerprint density at radius 1 is 1.10 bits per heavy atom. The number of nitrogens with zero attached hydrogens (tertiary/aromatic N) is 2. The number of nitrogens with two attached hydrogens (primary N) is 1. The van der Waals surface area contributed by atoms with Crippen LogP contribution < -0.4 is 11.1 Å². The number of nitrogens with one attached hydrogen (secondary N) is 1. The van der Waals surface area contributed by atoms with Gasteiger partial charge in [0, 0.05) is 52.2 Å². The zero-order chi connectivity index (χ0) is 21.2. The largest absolute Gasteiger partial charge is 0.370 e. The van der Waals surface area contributed by atoms with E-state index in [4.69, 9.17) is 5.73 Å². The standard InChI is InChI=1S/C21H28N4O4/c1-14(26)23-21-12-24(19(29)9-8-18(22)28)11-10-17(21)20(25(13-21)15(2)27)16-6-4-3-5-7-16/h3-7,17,20H,8-13H2,1-2H3,(H2,22,28)(H,23,26)/t17-,20-,21-/m1/s1. The van der Waals surface area contributed by atoms with Crippen LogP contribution in [0, 0.1) is 5.92 Å². The van der Waals surface area contributed by atoms with Gasteiger partial charge < -0.3 is 20.9 Å². The normalized spacial score (nSPS) is 26.0. The molecule has 0 radical (unpaired) electrons. The summed E-state index contributed by atoms with van der Waals surface area (Å²) in [6.45, 7) is 4.14. The van der Waals surface area contributed by atoms with Crippen LogP contribution in [0.15, 0.2) is 30.3 Å². The van der Waals surface area contributed by atoms with E-state index in [0.29, 0.717) is 26.1 Å². The highest BCUT2D eigenvalue weighted by atomic mass is 16.2. The van der Waals surface area contributed by atoms with Gasteiger partial charge in [-0.15, -0.1) is 0 Å². The van der Waals surface area contributed by atoms with E-state index in [1.165, 1.54) is 13.8 Å². The molecule has 0 aromatic heterocycles. The van der Waals surface area contributed by atoms with Crippen LogP contribution in [0.25, 0.3) is 0 Å². The van der Waals surface area contributed by atoms with Crippen molar-refractivity contribution in [2.75, 3.05) is 19.6 Å². The van der Waals surface area contributed by atoms with E-state index in [-0.39, 0.29) is 42.5 Å². The number of piperidine rings is 1. The highest BCUT2D eigenvalue weighted by Gasteiger charge is 2.57. The number of carbonyl (C=O) groups is 4. The highest BCUT2D eigenvalue weighted by Crippen LogP contribution is 2.47. The number of primary amides is 1. The third kappa shape index (κ3) is 4.26. The molecule has 2 aliphatic heterocycles. The number of hydrogen-bond donors (Lipinski definition) is 2. The van der Waals surface area contributed by atoms with Crippen LogP contribution in [0.4, 0.5) is 0 Å². The molecule has 4 amide bonds. The Labute approximate surface area is 170 Å². The summed E-state index contributed by atoms with van der Waals surface area (Å²) in [6, 6.07) is 9.63. The van der Waals surface area contributed by atoms with E-state index in [0.717, 1.165) is 5.56 Å². The van der Waals surface area contributed by atoms with Crippen molar-refractivity contribution in [1.29, 1.82) is 0 Å². The lowest BCUT2D eigenvalue weighted by molar-refractivity contribution is -0.137. The van der Waals surface area contributed by atoms with Crippen LogP contribution in [0.1, 0.15) is 44.7 Å². The van der Waals surface area contributed by atoms with E-state index in [1.807, 2.05) is 30.3 Å². The molecule has 3 N–H and O–H groups in total. The zero-order valence-electron chi connectivity index (χ0n) is 16.9. The van der Waals surface area contributed by atoms with Gasteiger partial charge >= 0.3 is 0 Å². The summed E-state index contributed by atoms with van der Waals surface area (Å²) in [5, 5.41) is 3.07. The molecule has 0 aliphatic carbocycles. The Balaban J connectivity index is 1.93. The lowest BCUT2D eigenvalue weighted by Crippen LogP contribution is -2.64. The smallest absolute Gasteiger partial charge is 0.223 e. The highest BCUT2D eigenvalue weighted by molar-refractivity contribution is 5.83. The quantitative estimate of drug-likeness (QED) is 0.753. The van der Waals surface area contributed by atoms with Crippen LogP contribution in [-0.2, 0) is 19.2 Å². The van der Waals surface area contributed by atoms with Crippen LogP contribution in [0.5, 0.6) is 0 Å². The Morgan fingerprint density at radius 2 is 1.79 bits per heavy atom. The Bertz CT molecular complexity index is 812. The summed E-state index contributed by atoms with van der Waals surface area (Å²) < 4.78 is 0. The van der Waals surface area contributed by atoms with Gasteiger partial charge in [-0.2, -0.15) is 0 Å². The summed E-state index contributed by atoms with van der Waals surface area (Å²) in [5.74, 6) is -0.955. The number of fused-ring (bicyclic) bond motifs is 1. The molecule has 3 rings (SSSR count). The molecule has 0 saturated carbocycles. The second-order valence-electron chi connectivity index (χ2n) is 8.02. The van der Waals surface area contributed by atoms with Gasteiger partial charge in [0.25, 0.3) is 0 Å². The van der Waals surface area contributed by atoms with Crippen LogP contribution in [0.3, 0.4) is 0 Å². The zero-order valence-corrected chi connectivity index (χ0v) is 16.9. The summed E-state index contributed by atoms with van der Waals surface area (Å²) in [5.41, 5.74) is 5.47. The number of rotatable bonds is 5. The van der Waals surface area contributed by atoms with E-state index < -0.39 is 11.4 Å². The number of likely N-dealkylation sites (tertiary alicyclic amines) is 2. The van der Waals surface area contributed by atoms with Gasteiger partial charge in [0.1, 0.15) is 0 Å². The molecule has 8 nitrogen and oxygen atoms in total. The summed E-state index contributed by atoms with van der Waals surface area (Å²) in [6.07, 6.45) is 0.693. The summed E-state index contributed by atoms with van der Waals surface area (Å²) in [7, 11) is 0. The maximum Gasteiger partial charge on any atom is 0.223 e. The molecule has 0 unspecified atom stereocenters. The van der Waals surface area contributed by atoms with Crippen molar-refractivity contribution in [2.24, 2.45) is 11.7 Å². The van der Waals surface area contributed by atoms with Gasteiger partial charge in [0.15, 0.2) is 0 Å². The predicted octanol–water partition coefficient (Wildman–Crippen LogP) is 0.579. The fourth-order valence-corrected chi connectivity index (χ4v) is 4.85. The second-order valence-corrected chi connectivity index (χ2v) is 8.02. The summed E-state index contributed by atoms with van der Waals surface area (Å²) in [4.78, 5) is 51.7. The van der Waals surface area contributed by atoms with Crippen molar-refractivity contribution >= 4 is 23.6 Å². The monoisotopic (exact) mass is 400 g/mol. The van der Waals surface area contributed by atoms with E-state index in [2.05, 4.69) is 5.32 Å². The van der Waals surface area contributed by atoms with Crippen molar-refractivity contribution in [1.82, 2.24) is 15.1 Å². The molecule has 1 aromatic rings. The molecule has 156 valence electrons. The molecule has 2 saturated heterocycles. The molecule has 1 aromatic carbocycles. The Hall–Kier alpha value is -2.90. The van der Waals surface area contributed by atoms with E-state index >= 15 is 0 Å². The van der Waals surface area contributed by atoms with Gasteiger partial charge in [0.05, 0.1) is 11.6 Å². The van der Waals surface area contributed by atoms with Crippen LogP contribution >= 0.6 is 0 Å². The van der Waals surface area contributed by atoms with E-state index in [1.54, 1.807) is 9.80 Å².